The second kappa shape index (κ2) is 8.54. The normalized spacial score (nSPS) is 11.7. The van der Waals surface area contributed by atoms with Gasteiger partial charge in [-0.2, -0.15) is 5.26 Å². The number of hydrogen-bond donors (Lipinski definition) is 0. The van der Waals surface area contributed by atoms with Gasteiger partial charge in [0.25, 0.3) is 0 Å². The molecule has 0 atom stereocenters. The van der Waals surface area contributed by atoms with Gasteiger partial charge in [-0.15, -0.1) is 0 Å². The summed E-state index contributed by atoms with van der Waals surface area (Å²) in [6.45, 7) is 4.90. The van der Waals surface area contributed by atoms with Crippen LogP contribution in [-0.4, -0.2) is 17.8 Å². The molecule has 0 fully saturated rings. The molecule has 0 radical (unpaired) electrons. The van der Waals surface area contributed by atoms with Crippen LogP contribution in [0.25, 0.3) is 11.6 Å². The van der Waals surface area contributed by atoms with E-state index in [1.165, 1.54) is 0 Å². The Morgan fingerprint density at radius 2 is 2.00 bits per heavy atom. The van der Waals surface area contributed by atoms with Gasteiger partial charge in [0, 0.05) is 30.1 Å². The van der Waals surface area contributed by atoms with Crippen LogP contribution < -0.4 is 0 Å². The number of benzene rings is 1. The zero-order valence-electron chi connectivity index (χ0n) is 13.2. The number of nitriles is 1. The van der Waals surface area contributed by atoms with Crippen LogP contribution in [0.2, 0.25) is 5.02 Å². The highest BCUT2D eigenvalue weighted by Crippen LogP contribution is 2.23. The summed E-state index contributed by atoms with van der Waals surface area (Å²) in [5.41, 5.74) is 2.13. The van der Waals surface area contributed by atoms with Crippen LogP contribution in [-0.2, 0) is 9.47 Å². The van der Waals surface area contributed by atoms with Crippen LogP contribution >= 0.6 is 11.6 Å². The monoisotopic (exact) mass is 330 g/mol. The number of aromatic nitrogens is 1. The summed E-state index contributed by atoms with van der Waals surface area (Å²) in [6.07, 6.45) is 3.16. The van der Waals surface area contributed by atoms with Crippen molar-refractivity contribution in [3.63, 3.8) is 0 Å². The first kappa shape index (κ1) is 17.3. The molecule has 0 aliphatic carbocycles. The van der Waals surface area contributed by atoms with Gasteiger partial charge in [-0.25, -0.2) is 0 Å². The van der Waals surface area contributed by atoms with Crippen molar-refractivity contribution in [2.24, 2.45) is 0 Å². The van der Waals surface area contributed by atoms with Gasteiger partial charge in [0.1, 0.15) is 0 Å². The molecule has 2 rings (SSSR count). The van der Waals surface area contributed by atoms with Crippen molar-refractivity contribution in [1.29, 1.82) is 5.26 Å². The Bertz CT molecular complexity index is 710. The minimum Gasteiger partial charge on any atom is -0.335 e. The number of ether oxygens (including phenoxy) is 2. The van der Waals surface area contributed by atoms with Crippen LogP contribution in [0.5, 0.6) is 0 Å². The van der Waals surface area contributed by atoms with Gasteiger partial charge in [-0.1, -0.05) is 23.7 Å². The summed E-state index contributed by atoms with van der Waals surface area (Å²) in [7, 11) is 0. The van der Waals surface area contributed by atoms with Crippen molar-refractivity contribution < 1.29 is 9.47 Å². The highest BCUT2D eigenvalue weighted by molar-refractivity contribution is 6.30. The molecular weight excluding hydrogens is 312 g/mol. The molecule has 5 heteroatoms. The fraction of sp³-hybridized carbons (Fsp3) is 0.278. The van der Waals surface area contributed by atoms with Crippen molar-refractivity contribution in [2.45, 2.75) is 20.3 Å². The van der Waals surface area contributed by atoms with Gasteiger partial charge in [-0.05, 0) is 49.8 Å². The lowest BCUT2D eigenvalue weighted by Gasteiger charge is -2.20. The number of halogens is 1. The molecule has 0 spiro atoms. The molecule has 23 heavy (non-hydrogen) atoms. The maximum absolute atomic E-state index is 9.47. The Hall–Kier alpha value is -2.06. The first-order valence-electron chi connectivity index (χ1n) is 7.47. The Balaban J connectivity index is 2.38. The van der Waals surface area contributed by atoms with Crippen LogP contribution in [0.4, 0.5) is 0 Å². The largest absolute Gasteiger partial charge is 0.335 e. The molecule has 4 nitrogen and oxygen atoms in total. The van der Waals surface area contributed by atoms with Gasteiger partial charge in [0.15, 0.2) is 0 Å². The van der Waals surface area contributed by atoms with Crippen molar-refractivity contribution in [1.82, 2.24) is 4.57 Å². The molecular formula is C18H19ClN2O2. The molecule has 0 N–H and O–H groups in total. The molecule has 0 saturated carbocycles. The van der Waals surface area contributed by atoms with Gasteiger partial charge in [0.05, 0.1) is 11.6 Å². The molecule has 0 aliphatic heterocycles. The van der Waals surface area contributed by atoms with E-state index < -0.39 is 6.41 Å². The van der Waals surface area contributed by atoms with Crippen LogP contribution in [0.15, 0.2) is 42.6 Å². The molecule has 120 valence electrons. The second-order valence-electron chi connectivity index (χ2n) is 4.74. The SMILES string of the molecule is CCOC(OCC)n1cccc1/C=C(\C#N)c1cccc(Cl)c1. The third-order valence-electron chi connectivity index (χ3n) is 3.21. The van der Waals surface area contributed by atoms with Crippen molar-refractivity contribution in [3.05, 3.63) is 58.9 Å². The summed E-state index contributed by atoms with van der Waals surface area (Å²) < 4.78 is 13.1. The van der Waals surface area contributed by atoms with Gasteiger partial charge in [0.2, 0.25) is 6.41 Å². The number of allylic oxidation sites excluding steroid dienone is 1. The predicted octanol–water partition coefficient (Wildman–Crippen LogP) is 4.73. The molecule has 0 unspecified atom stereocenters. The van der Waals surface area contributed by atoms with Gasteiger partial charge >= 0.3 is 0 Å². The summed E-state index contributed by atoms with van der Waals surface area (Å²) in [4.78, 5) is 0. The van der Waals surface area contributed by atoms with Crippen molar-refractivity contribution in [3.8, 4) is 6.07 Å². The molecule has 1 heterocycles. The Morgan fingerprint density at radius 1 is 1.26 bits per heavy atom. The van der Waals surface area contributed by atoms with E-state index in [2.05, 4.69) is 6.07 Å². The minimum absolute atomic E-state index is 0.509. The number of nitrogens with zero attached hydrogens (tertiary/aromatic N) is 2. The first-order chi connectivity index (χ1) is 11.2. The summed E-state index contributed by atoms with van der Waals surface area (Å²) in [5, 5.41) is 10.1. The highest BCUT2D eigenvalue weighted by Gasteiger charge is 2.13. The van der Waals surface area contributed by atoms with E-state index in [0.29, 0.717) is 23.8 Å². The molecule has 1 aromatic heterocycles. The van der Waals surface area contributed by atoms with E-state index in [-0.39, 0.29) is 0 Å². The standard InChI is InChI=1S/C18H19ClN2O2/c1-3-22-18(23-4-2)21-10-6-9-17(21)12-15(13-20)14-7-5-8-16(19)11-14/h5-12,18H,3-4H2,1-2H3/b15-12+. The Kier molecular flexibility index (Phi) is 6.42. The first-order valence-corrected chi connectivity index (χ1v) is 7.85. The zero-order chi connectivity index (χ0) is 16.7. The highest BCUT2D eigenvalue weighted by atomic mass is 35.5. The average molecular weight is 331 g/mol. The van der Waals surface area contributed by atoms with Crippen LogP contribution in [0, 0.1) is 11.3 Å². The second-order valence-corrected chi connectivity index (χ2v) is 5.17. The van der Waals surface area contributed by atoms with Gasteiger partial charge < -0.3 is 9.47 Å². The van der Waals surface area contributed by atoms with Crippen LogP contribution in [0.1, 0.15) is 31.5 Å². The topological polar surface area (TPSA) is 47.2 Å². The van der Waals surface area contributed by atoms with E-state index in [9.17, 15) is 5.26 Å². The van der Waals surface area contributed by atoms with Crippen LogP contribution in [0.3, 0.4) is 0 Å². The Morgan fingerprint density at radius 3 is 2.61 bits per heavy atom. The quantitative estimate of drug-likeness (QED) is 0.544. The van der Waals surface area contributed by atoms with Crippen molar-refractivity contribution in [2.75, 3.05) is 13.2 Å². The fourth-order valence-electron chi connectivity index (χ4n) is 2.20. The molecule has 2 aromatic rings. The molecule has 0 bridgehead atoms. The smallest absolute Gasteiger partial charge is 0.244 e. The fourth-order valence-corrected chi connectivity index (χ4v) is 2.39. The lowest BCUT2D eigenvalue weighted by atomic mass is 10.1. The lowest BCUT2D eigenvalue weighted by Crippen LogP contribution is -2.17. The third-order valence-corrected chi connectivity index (χ3v) is 3.44. The van der Waals surface area contributed by atoms with E-state index in [1.807, 2.05) is 48.9 Å². The van der Waals surface area contributed by atoms with Gasteiger partial charge in [-0.3, -0.25) is 4.57 Å². The number of rotatable bonds is 7. The number of hydrogen-bond acceptors (Lipinski definition) is 3. The molecule has 0 amide bonds. The lowest BCUT2D eigenvalue weighted by molar-refractivity contribution is -0.186. The molecule has 1 aromatic carbocycles. The maximum Gasteiger partial charge on any atom is 0.244 e. The minimum atomic E-state index is -0.509. The van der Waals surface area contributed by atoms with E-state index in [1.54, 1.807) is 18.2 Å². The molecule has 0 aliphatic rings. The summed E-state index contributed by atoms with van der Waals surface area (Å²) >= 11 is 6.01. The van der Waals surface area contributed by atoms with Crippen molar-refractivity contribution >= 4 is 23.3 Å². The predicted molar refractivity (Wildman–Crippen MR) is 91.7 cm³/mol. The third kappa shape index (κ3) is 4.46. The zero-order valence-corrected chi connectivity index (χ0v) is 14.0. The van der Waals surface area contributed by atoms with E-state index >= 15 is 0 Å². The summed E-state index contributed by atoms with van der Waals surface area (Å²) in [5.74, 6) is 0. The van der Waals surface area contributed by atoms with E-state index in [4.69, 9.17) is 21.1 Å². The van der Waals surface area contributed by atoms with E-state index in [0.717, 1.165) is 11.3 Å². The summed E-state index contributed by atoms with van der Waals surface area (Å²) in [6, 6.07) is 13.3. The maximum atomic E-state index is 9.47. The molecule has 0 saturated heterocycles. The average Bonchev–Trinajstić information content (AvgIpc) is 3.00. The Labute approximate surface area is 141 Å².